The van der Waals surface area contributed by atoms with Crippen molar-refractivity contribution in [2.45, 2.75) is 13.8 Å². The minimum absolute atomic E-state index is 0.0256. The van der Waals surface area contributed by atoms with Gasteiger partial charge in [0.15, 0.2) is 23.9 Å². The lowest BCUT2D eigenvalue weighted by Gasteiger charge is -2.18. The number of rotatable bonds is 10. The van der Waals surface area contributed by atoms with Crippen molar-refractivity contribution >= 4 is 33.7 Å². The second-order valence-corrected chi connectivity index (χ2v) is 7.16. The first-order valence-corrected chi connectivity index (χ1v) is 10.4. The van der Waals surface area contributed by atoms with Crippen molar-refractivity contribution in [1.29, 1.82) is 0 Å². The van der Waals surface area contributed by atoms with E-state index in [-0.39, 0.29) is 18.3 Å². The number of benzene rings is 2. The molecule has 0 aliphatic heterocycles. The molecule has 0 N–H and O–H groups in total. The number of halogens is 1. The monoisotopic (exact) mass is 475 g/mol. The molecule has 0 saturated heterocycles. The molecule has 0 unspecified atom stereocenters. The Bertz CT molecular complexity index is 905. The zero-order chi connectivity index (χ0) is 22.1. The maximum absolute atomic E-state index is 12.5. The van der Waals surface area contributed by atoms with E-state index in [2.05, 4.69) is 15.9 Å². The highest BCUT2D eigenvalue weighted by Gasteiger charge is 2.11. The van der Waals surface area contributed by atoms with E-state index in [4.69, 9.17) is 14.2 Å². The molecular formula is C23H26BrNO5. The molecule has 0 bridgehead atoms. The van der Waals surface area contributed by atoms with Gasteiger partial charge in [-0.3, -0.25) is 9.59 Å². The summed E-state index contributed by atoms with van der Waals surface area (Å²) in [4.78, 5) is 26.2. The highest BCUT2D eigenvalue weighted by molar-refractivity contribution is 9.10. The van der Waals surface area contributed by atoms with Crippen molar-refractivity contribution in [2.24, 2.45) is 0 Å². The van der Waals surface area contributed by atoms with E-state index in [1.165, 1.54) is 6.08 Å². The molecule has 0 radical (unpaired) electrons. The van der Waals surface area contributed by atoms with Gasteiger partial charge in [-0.15, -0.1) is 0 Å². The molecule has 0 heterocycles. The number of carbonyl (C=O) groups is 2. The minimum Gasteiger partial charge on any atom is -0.493 e. The number of hydrogen-bond donors (Lipinski definition) is 0. The Hall–Kier alpha value is -2.80. The van der Waals surface area contributed by atoms with Crippen LogP contribution in [-0.4, -0.2) is 50.5 Å². The summed E-state index contributed by atoms with van der Waals surface area (Å²) in [5.41, 5.74) is 1.31. The second kappa shape index (κ2) is 11.4. The number of allylic oxidation sites excluding steroid dienone is 1. The van der Waals surface area contributed by atoms with Crippen LogP contribution in [0.3, 0.4) is 0 Å². The Morgan fingerprint density at radius 1 is 1.00 bits per heavy atom. The van der Waals surface area contributed by atoms with Gasteiger partial charge in [0.25, 0.3) is 5.91 Å². The fourth-order valence-electron chi connectivity index (χ4n) is 2.79. The molecule has 2 aromatic rings. The summed E-state index contributed by atoms with van der Waals surface area (Å²) >= 11 is 3.47. The summed E-state index contributed by atoms with van der Waals surface area (Å²) in [5, 5.41) is 0. The van der Waals surface area contributed by atoms with E-state index >= 15 is 0 Å². The second-order valence-electron chi connectivity index (χ2n) is 6.31. The van der Waals surface area contributed by atoms with Crippen LogP contribution in [0, 0.1) is 0 Å². The highest BCUT2D eigenvalue weighted by atomic mass is 79.9. The smallest absolute Gasteiger partial charge is 0.260 e. The standard InChI is InChI=1S/C23H26BrNO5/c1-5-25(6-2)23(27)15-30-18-10-7-16(8-11-18)20(26)12-9-17-13-21(28-3)22(29-4)14-19(17)24/h7-14H,5-6,15H2,1-4H3/b12-9+. The summed E-state index contributed by atoms with van der Waals surface area (Å²) in [6.45, 7) is 5.12. The zero-order valence-corrected chi connectivity index (χ0v) is 19.2. The summed E-state index contributed by atoms with van der Waals surface area (Å²) in [7, 11) is 3.12. The topological polar surface area (TPSA) is 65.1 Å². The maximum atomic E-state index is 12.5. The molecule has 7 heteroatoms. The quantitative estimate of drug-likeness (QED) is 0.370. The van der Waals surface area contributed by atoms with Crippen LogP contribution >= 0.6 is 15.9 Å². The third kappa shape index (κ3) is 6.10. The van der Waals surface area contributed by atoms with Crippen LogP contribution in [0.1, 0.15) is 29.8 Å². The van der Waals surface area contributed by atoms with Gasteiger partial charge in [-0.1, -0.05) is 15.9 Å². The van der Waals surface area contributed by atoms with Gasteiger partial charge < -0.3 is 19.1 Å². The summed E-state index contributed by atoms with van der Waals surface area (Å²) in [5.74, 6) is 1.50. The highest BCUT2D eigenvalue weighted by Crippen LogP contribution is 2.33. The normalized spacial score (nSPS) is 10.7. The van der Waals surface area contributed by atoms with Crippen molar-refractivity contribution in [3.05, 3.63) is 58.1 Å². The Kier molecular flexibility index (Phi) is 8.92. The van der Waals surface area contributed by atoms with Gasteiger partial charge in [0.2, 0.25) is 0 Å². The Morgan fingerprint density at radius 2 is 1.60 bits per heavy atom. The van der Waals surface area contributed by atoms with Gasteiger partial charge in [0, 0.05) is 23.1 Å². The van der Waals surface area contributed by atoms with E-state index in [1.54, 1.807) is 61.6 Å². The van der Waals surface area contributed by atoms with Gasteiger partial charge in [0.1, 0.15) is 5.75 Å². The van der Waals surface area contributed by atoms with Gasteiger partial charge in [0.05, 0.1) is 14.2 Å². The molecule has 160 valence electrons. The number of hydrogen-bond acceptors (Lipinski definition) is 5. The molecule has 2 rings (SSSR count). The predicted molar refractivity (Wildman–Crippen MR) is 120 cm³/mol. The first-order valence-electron chi connectivity index (χ1n) is 9.58. The van der Waals surface area contributed by atoms with E-state index in [9.17, 15) is 9.59 Å². The molecule has 0 fully saturated rings. The third-order valence-corrected chi connectivity index (χ3v) is 5.22. The fourth-order valence-corrected chi connectivity index (χ4v) is 3.24. The molecule has 1 amide bonds. The number of methoxy groups -OCH3 is 2. The van der Waals surface area contributed by atoms with E-state index < -0.39 is 0 Å². The molecule has 6 nitrogen and oxygen atoms in total. The van der Waals surface area contributed by atoms with Gasteiger partial charge >= 0.3 is 0 Å². The van der Waals surface area contributed by atoms with Crippen molar-refractivity contribution in [1.82, 2.24) is 4.90 Å². The first-order chi connectivity index (χ1) is 14.4. The molecule has 0 spiro atoms. The Balaban J connectivity index is 2.04. The predicted octanol–water partition coefficient (Wildman–Crippen LogP) is 4.61. The van der Waals surface area contributed by atoms with Crippen molar-refractivity contribution in [3.63, 3.8) is 0 Å². The van der Waals surface area contributed by atoms with Gasteiger partial charge in [-0.2, -0.15) is 0 Å². The number of likely N-dealkylation sites (N-methyl/N-ethyl adjacent to an activating group) is 1. The van der Waals surface area contributed by atoms with E-state index in [1.807, 2.05) is 13.8 Å². The summed E-state index contributed by atoms with van der Waals surface area (Å²) in [6, 6.07) is 10.3. The van der Waals surface area contributed by atoms with Crippen molar-refractivity contribution in [3.8, 4) is 17.2 Å². The molecule has 0 aliphatic carbocycles. The van der Waals surface area contributed by atoms with E-state index in [0.29, 0.717) is 35.9 Å². The van der Waals surface area contributed by atoms with Crippen LogP contribution in [0.4, 0.5) is 0 Å². The number of ether oxygens (including phenoxy) is 3. The molecule has 0 aliphatic rings. The average molecular weight is 476 g/mol. The SMILES string of the molecule is CCN(CC)C(=O)COc1ccc(C(=O)/C=C/c2cc(OC)c(OC)cc2Br)cc1. The molecule has 0 saturated carbocycles. The van der Waals surface area contributed by atoms with Crippen LogP contribution in [0.15, 0.2) is 46.9 Å². The number of ketones is 1. The van der Waals surface area contributed by atoms with Crippen LogP contribution in [0.2, 0.25) is 0 Å². The Morgan fingerprint density at radius 3 is 2.17 bits per heavy atom. The number of amides is 1. The largest absolute Gasteiger partial charge is 0.493 e. The van der Waals surface area contributed by atoms with Crippen LogP contribution in [0.5, 0.6) is 17.2 Å². The van der Waals surface area contributed by atoms with Crippen LogP contribution < -0.4 is 14.2 Å². The van der Waals surface area contributed by atoms with Crippen molar-refractivity contribution in [2.75, 3.05) is 33.9 Å². The molecule has 30 heavy (non-hydrogen) atoms. The summed E-state index contributed by atoms with van der Waals surface area (Å²) < 4.78 is 16.9. The molecule has 2 aromatic carbocycles. The minimum atomic E-state index is -0.151. The Labute approximate surface area is 185 Å². The fraction of sp³-hybridized carbons (Fsp3) is 0.304. The number of nitrogens with zero attached hydrogens (tertiary/aromatic N) is 1. The zero-order valence-electron chi connectivity index (χ0n) is 17.6. The summed E-state index contributed by atoms with van der Waals surface area (Å²) in [6.07, 6.45) is 3.20. The lowest BCUT2D eigenvalue weighted by Crippen LogP contribution is -2.34. The molecule has 0 atom stereocenters. The van der Waals surface area contributed by atoms with Crippen LogP contribution in [0.25, 0.3) is 6.08 Å². The van der Waals surface area contributed by atoms with Gasteiger partial charge in [-0.25, -0.2) is 0 Å². The maximum Gasteiger partial charge on any atom is 0.260 e. The van der Waals surface area contributed by atoms with Crippen molar-refractivity contribution < 1.29 is 23.8 Å². The first kappa shape index (κ1) is 23.5. The van der Waals surface area contributed by atoms with Gasteiger partial charge in [-0.05, 0) is 68.0 Å². The average Bonchev–Trinajstić information content (AvgIpc) is 2.77. The molecule has 0 aromatic heterocycles. The van der Waals surface area contributed by atoms with E-state index in [0.717, 1.165) is 10.0 Å². The lowest BCUT2D eigenvalue weighted by atomic mass is 10.1. The number of carbonyl (C=O) groups excluding carboxylic acids is 2. The third-order valence-electron chi connectivity index (χ3n) is 4.53. The molecular weight excluding hydrogens is 450 g/mol. The van der Waals surface area contributed by atoms with Crippen LogP contribution in [-0.2, 0) is 4.79 Å². The lowest BCUT2D eigenvalue weighted by molar-refractivity contribution is -0.132.